The molecule has 0 aromatic rings. The zero-order chi connectivity index (χ0) is 7.90. The van der Waals surface area contributed by atoms with Crippen LogP contribution in [-0.2, 0) is 9.53 Å². The third-order valence-corrected chi connectivity index (χ3v) is 2.70. The van der Waals surface area contributed by atoms with Crippen molar-refractivity contribution in [3.05, 3.63) is 0 Å². The Labute approximate surface area is 65.4 Å². The summed E-state index contributed by atoms with van der Waals surface area (Å²) < 4.78 is 5.21. The van der Waals surface area contributed by atoms with Crippen molar-refractivity contribution in [3.8, 4) is 0 Å². The fourth-order valence-corrected chi connectivity index (χ4v) is 2.01. The summed E-state index contributed by atoms with van der Waals surface area (Å²) in [5, 5.41) is 8.65. The van der Waals surface area contributed by atoms with Gasteiger partial charge in [-0.15, -0.1) is 0 Å². The van der Waals surface area contributed by atoms with Crippen molar-refractivity contribution in [2.45, 2.75) is 43.8 Å². The van der Waals surface area contributed by atoms with Gasteiger partial charge in [0.1, 0.15) is 5.60 Å². The van der Waals surface area contributed by atoms with Gasteiger partial charge in [-0.1, -0.05) is 19.3 Å². The van der Waals surface area contributed by atoms with Gasteiger partial charge in [-0.25, -0.2) is 4.79 Å². The molecule has 1 N–H and O–H groups in total. The number of hydrogen-bond donors (Lipinski definition) is 1. The summed E-state index contributed by atoms with van der Waals surface area (Å²) >= 11 is 0. The van der Waals surface area contributed by atoms with Gasteiger partial charge in [-0.05, 0) is 12.8 Å². The molecule has 1 saturated heterocycles. The van der Waals surface area contributed by atoms with Gasteiger partial charge in [-0.2, -0.15) is 0 Å². The molecule has 2 fully saturated rings. The Morgan fingerprint density at radius 3 is 2.45 bits per heavy atom. The van der Waals surface area contributed by atoms with E-state index in [0.29, 0.717) is 0 Å². The molecule has 1 spiro atoms. The summed E-state index contributed by atoms with van der Waals surface area (Å²) in [6, 6.07) is 0. The molecule has 62 valence electrons. The average molecular weight is 156 g/mol. The number of carboxylic acids is 1. The summed E-state index contributed by atoms with van der Waals surface area (Å²) in [6.07, 6.45) is 4.90. The zero-order valence-corrected chi connectivity index (χ0v) is 6.38. The first kappa shape index (κ1) is 7.10. The highest BCUT2D eigenvalue weighted by Crippen LogP contribution is 2.48. The maximum absolute atomic E-state index is 10.5. The summed E-state index contributed by atoms with van der Waals surface area (Å²) in [4.78, 5) is 10.5. The maximum Gasteiger partial charge on any atom is 0.335 e. The van der Waals surface area contributed by atoms with Gasteiger partial charge in [0.15, 0.2) is 6.10 Å². The fourth-order valence-electron chi connectivity index (χ4n) is 2.01. The van der Waals surface area contributed by atoms with E-state index in [9.17, 15) is 4.79 Å². The summed E-state index contributed by atoms with van der Waals surface area (Å²) in [7, 11) is 0. The van der Waals surface area contributed by atoms with Crippen LogP contribution in [0.15, 0.2) is 0 Å². The Kier molecular flexibility index (Phi) is 1.42. The second kappa shape index (κ2) is 2.21. The number of ether oxygens (including phenoxy) is 1. The molecule has 0 aromatic heterocycles. The maximum atomic E-state index is 10.5. The molecule has 1 heterocycles. The van der Waals surface area contributed by atoms with E-state index < -0.39 is 12.1 Å². The van der Waals surface area contributed by atoms with Crippen molar-refractivity contribution in [1.29, 1.82) is 0 Å². The Balaban J connectivity index is 1.99. The van der Waals surface area contributed by atoms with Gasteiger partial charge < -0.3 is 9.84 Å². The van der Waals surface area contributed by atoms with Crippen molar-refractivity contribution < 1.29 is 14.6 Å². The zero-order valence-electron chi connectivity index (χ0n) is 6.38. The minimum atomic E-state index is -0.785. The highest BCUT2D eigenvalue weighted by molar-refractivity contribution is 5.77. The molecule has 0 amide bonds. The van der Waals surface area contributed by atoms with E-state index in [2.05, 4.69) is 0 Å². The third-order valence-electron chi connectivity index (χ3n) is 2.70. The number of rotatable bonds is 1. The molecule has 2 rings (SSSR count). The minimum absolute atomic E-state index is 0.232. The Morgan fingerprint density at radius 1 is 1.36 bits per heavy atom. The van der Waals surface area contributed by atoms with Crippen molar-refractivity contribution >= 4 is 5.97 Å². The van der Waals surface area contributed by atoms with E-state index in [1.165, 1.54) is 6.42 Å². The molecule has 1 saturated carbocycles. The molecule has 2 aliphatic rings. The van der Waals surface area contributed by atoms with Crippen LogP contribution in [0.5, 0.6) is 0 Å². The van der Waals surface area contributed by atoms with Crippen molar-refractivity contribution in [1.82, 2.24) is 0 Å². The van der Waals surface area contributed by atoms with E-state index >= 15 is 0 Å². The molecule has 1 atom stereocenters. The number of hydrogen-bond acceptors (Lipinski definition) is 2. The topological polar surface area (TPSA) is 49.8 Å². The Hall–Kier alpha value is -0.570. The van der Waals surface area contributed by atoms with Crippen LogP contribution in [0.1, 0.15) is 32.1 Å². The largest absolute Gasteiger partial charge is 0.479 e. The van der Waals surface area contributed by atoms with Crippen molar-refractivity contribution in [3.63, 3.8) is 0 Å². The number of epoxide rings is 1. The van der Waals surface area contributed by atoms with Gasteiger partial charge in [0.25, 0.3) is 0 Å². The first-order valence-electron chi connectivity index (χ1n) is 4.15. The van der Waals surface area contributed by atoms with Crippen LogP contribution in [0.3, 0.4) is 0 Å². The second-order valence-corrected chi connectivity index (χ2v) is 3.46. The van der Waals surface area contributed by atoms with E-state index in [1.807, 2.05) is 0 Å². The van der Waals surface area contributed by atoms with Gasteiger partial charge in [0.05, 0.1) is 0 Å². The predicted molar refractivity (Wildman–Crippen MR) is 38.3 cm³/mol. The molecule has 1 aliphatic carbocycles. The monoisotopic (exact) mass is 156 g/mol. The van der Waals surface area contributed by atoms with Crippen LogP contribution in [0.4, 0.5) is 0 Å². The normalized spacial score (nSPS) is 33.6. The summed E-state index contributed by atoms with van der Waals surface area (Å²) in [5.41, 5.74) is -0.232. The lowest BCUT2D eigenvalue weighted by atomic mass is 9.86. The van der Waals surface area contributed by atoms with E-state index in [0.717, 1.165) is 25.7 Å². The SMILES string of the molecule is O=C(O)[C@@H]1OC12CCCCC2. The lowest BCUT2D eigenvalue weighted by Crippen LogP contribution is -2.23. The van der Waals surface area contributed by atoms with Gasteiger partial charge in [0, 0.05) is 0 Å². The molecule has 1 aliphatic heterocycles. The summed E-state index contributed by atoms with van der Waals surface area (Å²) in [6.45, 7) is 0. The molecule has 3 nitrogen and oxygen atoms in total. The number of carbonyl (C=O) groups is 1. The van der Waals surface area contributed by atoms with Gasteiger partial charge in [-0.3, -0.25) is 0 Å². The van der Waals surface area contributed by atoms with E-state index in [1.54, 1.807) is 0 Å². The van der Waals surface area contributed by atoms with E-state index in [4.69, 9.17) is 9.84 Å². The molecular formula is C8H12O3. The average Bonchev–Trinajstić information content (AvgIpc) is 2.66. The van der Waals surface area contributed by atoms with Crippen LogP contribution in [0.25, 0.3) is 0 Å². The molecule has 0 radical (unpaired) electrons. The second-order valence-electron chi connectivity index (χ2n) is 3.46. The van der Waals surface area contributed by atoms with Gasteiger partial charge >= 0.3 is 5.97 Å². The van der Waals surface area contributed by atoms with Crippen LogP contribution >= 0.6 is 0 Å². The number of carboxylic acid groups (broad SMARTS) is 1. The first-order valence-corrected chi connectivity index (χ1v) is 4.15. The molecular weight excluding hydrogens is 144 g/mol. The lowest BCUT2D eigenvalue weighted by Gasteiger charge is -2.16. The molecule has 11 heavy (non-hydrogen) atoms. The van der Waals surface area contributed by atoms with Crippen LogP contribution in [-0.4, -0.2) is 22.8 Å². The molecule has 0 aromatic carbocycles. The standard InChI is InChI=1S/C8H12O3/c9-7(10)6-8(11-6)4-2-1-3-5-8/h6H,1-5H2,(H,9,10)/t6-/m0/s1. The first-order chi connectivity index (χ1) is 5.25. The van der Waals surface area contributed by atoms with E-state index in [-0.39, 0.29) is 5.60 Å². The Bertz CT molecular complexity index is 182. The highest BCUT2D eigenvalue weighted by atomic mass is 16.6. The third kappa shape index (κ3) is 1.03. The number of aliphatic carboxylic acids is 1. The highest BCUT2D eigenvalue weighted by Gasteiger charge is 2.60. The quantitative estimate of drug-likeness (QED) is 0.580. The Morgan fingerprint density at radius 2 is 2.00 bits per heavy atom. The molecule has 0 unspecified atom stereocenters. The molecule has 3 heteroatoms. The van der Waals surface area contributed by atoms with Crippen LogP contribution in [0.2, 0.25) is 0 Å². The van der Waals surface area contributed by atoms with Crippen LogP contribution < -0.4 is 0 Å². The summed E-state index contributed by atoms with van der Waals surface area (Å²) in [5.74, 6) is -0.785. The molecule has 0 bridgehead atoms. The van der Waals surface area contributed by atoms with Crippen molar-refractivity contribution in [2.75, 3.05) is 0 Å². The predicted octanol–water partition coefficient (Wildman–Crippen LogP) is 1.17. The lowest BCUT2D eigenvalue weighted by molar-refractivity contribution is -0.138. The fraction of sp³-hybridized carbons (Fsp3) is 0.875. The van der Waals surface area contributed by atoms with Crippen LogP contribution in [0, 0.1) is 0 Å². The smallest absolute Gasteiger partial charge is 0.335 e. The van der Waals surface area contributed by atoms with Crippen molar-refractivity contribution in [2.24, 2.45) is 0 Å². The minimum Gasteiger partial charge on any atom is -0.479 e. The van der Waals surface area contributed by atoms with Gasteiger partial charge in [0.2, 0.25) is 0 Å².